The number of methoxy groups -OCH3 is 1. The van der Waals surface area contributed by atoms with E-state index in [4.69, 9.17) is 10.2 Å². The fraction of sp³-hybridized carbons (Fsp3) is 0.600. The molecule has 0 aliphatic heterocycles. The van der Waals surface area contributed by atoms with Crippen molar-refractivity contribution in [2.24, 2.45) is 5.14 Å². The summed E-state index contributed by atoms with van der Waals surface area (Å²) in [4.78, 5) is 0. The van der Waals surface area contributed by atoms with Crippen LogP contribution in [-0.2, 0) is 14.8 Å². The lowest BCUT2D eigenvalue weighted by molar-refractivity contribution is -0.0676. The van der Waals surface area contributed by atoms with Crippen LogP contribution in [0.15, 0.2) is 12.7 Å². The van der Waals surface area contributed by atoms with Gasteiger partial charge in [0.05, 0.1) is 0 Å². The van der Waals surface area contributed by atoms with Crippen LogP contribution in [-0.4, -0.2) is 32.2 Å². The molecule has 0 aliphatic rings. The summed E-state index contributed by atoms with van der Waals surface area (Å²) in [6.07, 6.45) is -0.439. The summed E-state index contributed by atoms with van der Waals surface area (Å²) in [6.45, 7) is 3.20. The van der Waals surface area contributed by atoms with Crippen LogP contribution < -0.4 is 5.14 Å². The number of sulfonamides is 1. The van der Waals surface area contributed by atoms with Gasteiger partial charge in [-0.25, -0.2) is 13.6 Å². The Morgan fingerprint density at radius 2 is 2.18 bits per heavy atom. The Balaban J connectivity index is 4.55. The van der Waals surface area contributed by atoms with Crippen LogP contribution in [0, 0.1) is 0 Å². The van der Waals surface area contributed by atoms with Crippen LogP contribution in [0.3, 0.4) is 0 Å². The van der Waals surface area contributed by atoms with Crippen LogP contribution in [0.2, 0.25) is 0 Å². The van der Waals surface area contributed by atoms with Gasteiger partial charge in [0.25, 0.3) is 0 Å². The van der Waals surface area contributed by atoms with Crippen molar-refractivity contribution >= 4 is 10.0 Å². The van der Waals surface area contributed by atoms with E-state index in [2.05, 4.69) is 11.3 Å². The van der Waals surface area contributed by atoms with Gasteiger partial charge in [-0.05, 0) is 0 Å². The van der Waals surface area contributed by atoms with Crippen LogP contribution in [0.25, 0.3) is 0 Å². The zero-order valence-electron chi connectivity index (χ0n) is 6.10. The molecule has 0 saturated carbocycles. The van der Waals surface area contributed by atoms with Crippen molar-refractivity contribution in [3.8, 4) is 0 Å². The number of hydrogen-bond donors (Lipinski definition) is 2. The molecule has 0 fully saturated rings. The minimum absolute atomic E-state index is 1.02. The van der Waals surface area contributed by atoms with E-state index in [9.17, 15) is 8.42 Å². The van der Waals surface area contributed by atoms with Gasteiger partial charge >= 0.3 is 0 Å². The Hall–Kier alpha value is -0.430. The maximum atomic E-state index is 10.6. The molecule has 0 bridgehead atoms. The molecule has 3 N–H and O–H groups in total. The van der Waals surface area contributed by atoms with Gasteiger partial charge in [-0.3, -0.25) is 0 Å². The Kier molecular flexibility index (Phi) is 3.67. The molecule has 0 aliphatic carbocycles. The summed E-state index contributed by atoms with van der Waals surface area (Å²) in [6, 6.07) is 0. The minimum atomic E-state index is -3.82. The van der Waals surface area contributed by atoms with Gasteiger partial charge in [0.2, 0.25) is 10.0 Å². The molecular weight excluding hydrogens is 170 g/mol. The third kappa shape index (κ3) is 2.98. The smallest absolute Gasteiger partial charge is 0.220 e. The molecule has 0 amide bonds. The van der Waals surface area contributed by atoms with Gasteiger partial charge < -0.3 is 9.84 Å². The maximum Gasteiger partial charge on any atom is 0.220 e. The molecule has 0 rings (SSSR count). The molecule has 0 unspecified atom stereocenters. The number of rotatable bonds is 4. The molecule has 6 heteroatoms. The second-order valence-electron chi connectivity index (χ2n) is 1.92. The standard InChI is InChI=1S/C5H11NO4S/c1-3-4(5(7)10-2)11(6,8)9/h3-5,7H,1H2,2H3,(H2,6,8,9)/t4-,5+/m1/s1. The zero-order valence-corrected chi connectivity index (χ0v) is 6.91. The van der Waals surface area contributed by atoms with Crippen molar-refractivity contribution in [2.45, 2.75) is 11.5 Å². The van der Waals surface area contributed by atoms with Gasteiger partial charge in [-0.1, -0.05) is 6.08 Å². The molecule has 2 atom stereocenters. The summed E-state index contributed by atoms with van der Waals surface area (Å²) in [5.41, 5.74) is 0. The lowest BCUT2D eigenvalue weighted by Gasteiger charge is -2.14. The van der Waals surface area contributed by atoms with Gasteiger partial charge in [-0.2, -0.15) is 0 Å². The Labute approximate surface area is 65.5 Å². The highest BCUT2D eigenvalue weighted by Crippen LogP contribution is 2.04. The minimum Gasteiger partial charge on any atom is -0.367 e. The van der Waals surface area contributed by atoms with E-state index in [1.54, 1.807) is 0 Å². The number of ether oxygens (including phenoxy) is 1. The first-order valence-corrected chi connectivity index (χ1v) is 4.39. The van der Waals surface area contributed by atoms with E-state index in [-0.39, 0.29) is 0 Å². The topological polar surface area (TPSA) is 89.6 Å². The van der Waals surface area contributed by atoms with Gasteiger partial charge in [-0.15, -0.1) is 6.58 Å². The Bertz CT molecular complexity index is 223. The molecule has 0 spiro atoms. The quantitative estimate of drug-likeness (QED) is 0.421. The van der Waals surface area contributed by atoms with Crippen molar-refractivity contribution in [3.63, 3.8) is 0 Å². The SMILES string of the molecule is C=C[C@H]([C@@H](O)OC)S(N)(=O)=O. The number of nitrogens with two attached hydrogens (primary N) is 1. The Morgan fingerprint density at radius 3 is 2.27 bits per heavy atom. The van der Waals surface area contributed by atoms with E-state index in [0.29, 0.717) is 0 Å². The molecule has 11 heavy (non-hydrogen) atoms. The highest BCUT2D eigenvalue weighted by atomic mass is 32.2. The van der Waals surface area contributed by atoms with E-state index in [0.717, 1.165) is 6.08 Å². The molecule has 0 saturated heterocycles. The summed E-state index contributed by atoms with van der Waals surface area (Å²) < 4.78 is 25.6. The molecule has 0 aromatic carbocycles. The van der Waals surface area contributed by atoms with Crippen molar-refractivity contribution < 1.29 is 18.3 Å². The van der Waals surface area contributed by atoms with Crippen molar-refractivity contribution in [1.29, 1.82) is 0 Å². The second kappa shape index (κ2) is 3.82. The van der Waals surface area contributed by atoms with Crippen LogP contribution in [0.1, 0.15) is 0 Å². The van der Waals surface area contributed by atoms with Gasteiger partial charge in [0, 0.05) is 7.11 Å². The monoisotopic (exact) mass is 181 g/mol. The third-order valence-corrected chi connectivity index (χ3v) is 2.32. The molecule has 5 nitrogen and oxygen atoms in total. The fourth-order valence-electron chi connectivity index (χ4n) is 0.547. The van der Waals surface area contributed by atoms with E-state index >= 15 is 0 Å². The predicted molar refractivity (Wildman–Crippen MR) is 40.1 cm³/mol. The molecule has 0 aromatic heterocycles. The first-order valence-electron chi connectivity index (χ1n) is 2.78. The summed E-state index contributed by atoms with van der Waals surface area (Å²) in [5.74, 6) is 0. The van der Waals surface area contributed by atoms with Crippen molar-refractivity contribution in [3.05, 3.63) is 12.7 Å². The highest BCUT2D eigenvalue weighted by Gasteiger charge is 2.26. The van der Waals surface area contributed by atoms with Crippen LogP contribution >= 0.6 is 0 Å². The predicted octanol–water partition coefficient (Wildman–Crippen LogP) is -1.21. The Morgan fingerprint density at radius 1 is 1.73 bits per heavy atom. The number of hydrogen-bond acceptors (Lipinski definition) is 4. The summed E-state index contributed by atoms with van der Waals surface area (Å²) in [7, 11) is -2.65. The average Bonchev–Trinajstić information content (AvgIpc) is 1.86. The largest absolute Gasteiger partial charge is 0.367 e. The van der Waals surface area contributed by atoms with Crippen molar-refractivity contribution in [2.75, 3.05) is 7.11 Å². The van der Waals surface area contributed by atoms with E-state index in [1.165, 1.54) is 7.11 Å². The number of aliphatic hydroxyl groups excluding tert-OH is 1. The lowest BCUT2D eigenvalue weighted by Crippen LogP contribution is -2.37. The summed E-state index contributed by atoms with van der Waals surface area (Å²) in [5, 5.41) is 12.4. The first-order chi connectivity index (χ1) is 4.93. The van der Waals surface area contributed by atoms with Crippen LogP contribution in [0.4, 0.5) is 0 Å². The highest BCUT2D eigenvalue weighted by molar-refractivity contribution is 7.90. The van der Waals surface area contributed by atoms with E-state index in [1.807, 2.05) is 0 Å². The molecule has 0 radical (unpaired) electrons. The first kappa shape index (κ1) is 10.6. The number of primary sulfonamides is 1. The molecule has 66 valence electrons. The summed E-state index contributed by atoms with van der Waals surface area (Å²) >= 11 is 0. The third-order valence-electron chi connectivity index (χ3n) is 1.13. The zero-order chi connectivity index (χ0) is 9.07. The average molecular weight is 181 g/mol. The van der Waals surface area contributed by atoms with Gasteiger partial charge in [0.1, 0.15) is 5.25 Å². The van der Waals surface area contributed by atoms with Crippen molar-refractivity contribution in [1.82, 2.24) is 0 Å². The molecular formula is C5H11NO4S. The number of aliphatic hydroxyl groups is 1. The molecule has 0 heterocycles. The lowest BCUT2D eigenvalue weighted by atomic mass is 10.4. The van der Waals surface area contributed by atoms with Crippen LogP contribution in [0.5, 0.6) is 0 Å². The fourth-order valence-corrected chi connectivity index (χ4v) is 1.25. The van der Waals surface area contributed by atoms with Gasteiger partial charge in [0.15, 0.2) is 6.29 Å². The maximum absolute atomic E-state index is 10.6. The normalized spacial score (nSPS) is 17.4. The molecule has 0 aromatic rings. The second-order valence-corrected chi connectivity index (χ2v) is 3.64. The van der Waals surface area contributed by atoms with E-state index < -0.39 is 21.6 Å².